The number of halogens is 1. The number of benzene rings is 2. The highest BCUT2D eigenvalue weighted by molar-refractivity contribution is 5.93. The summed E-state index contributed by atoms with van der Waals surface area (Å²) < 4.78 is 18.4. The highest BCUT2D eigenvalue weighted by Gasteiger charge is 2.07. The predicted octanol–water partition coefficient (Wildman–Crippen LogP) is 4.22. The monoisotopic (exact) mass is 358 g/mol. The molecule has 0 atom stereocenters. The summed E-state index contributed by atoms with van der Waals surface area (Å²) in [6, 6.07) is 12.8. The lowest BCUT2D eigenvalue weighted by atomic mass is 10.2. The molecule has 2 aromatic carbocycles. The molecule has 0 saturated heterocycles. The van der Waals surface area contributed by atoms with Gasteiger partial charge in [-0.1, -0.05) is 19.9 Å². The molecule has 0 aromatic heterocycles. The van der Waals surface area contributed by atoms with Crippen molar-refractivity contribution in [2.45, 2.75) is 26.7 Å². The maximum absolute atomic E-state index is 13.0. The van der Waals surface area contributed by atoms with Gasteiger partial charge in [0, 0.05) is 29.8 Å². The van der Waals surface area contributed by atoms with E-state index in [0.29, 0.717) is 36.6 Å². The first-order chi connectivity index (χ1) is 12.4. The van der Waals surface area contributed by atoms with E-state index in [0.717, 1.165) is 0 Å². The second-order valence-corrected chi connectivity index (χ2v) is 6.18. The van der Waals surface area contributed by atoms with Crippen LogP contribution in [0.5, 0.6) is 5.75 Å². The van der Waals surface area contributed by atoms with E-state index >= 15 is 0 Å². The summed E-state index contributed by atoms with van der Waals surface area (Å²) in [4.78, 5) is 23.6. The fraction of sp³-hybridized carbons (Fsp3) is 0.300. The number of amides is 2. The van der Waals surface area contributed by atoms with Crippen molar-refractivity contribution in [3.63, 3.8) is 0 Å². The van der Waals surface area contributed by atoms with Gasteiger partial charge in [0.1, 0.15) is 11.6 Å². The summed E-state index contributed by atoms with van der Waals surface area (Å²) in [6.07, 6.45) is 0.812. The number of ether oxygens (including phenoxy) is 1. The second kappa shape index (κ2) is 9.56. The minimum absolute atomic E-state index is 0.0555. The molecule has 0 unspecified atom stereocenters. The van der Waals surface area contributed by atoms with Crippen molar-refractivity contribution in [1.29, 1.82) is 0 Å². The molecule has 0 aliphatic carbocycles. The number of hydrogen-bond donors (Lipinski definition) is 2. The average Bonchev–Trinajstić information content (AvgIpc) is 2.60. The molecule has 0 radical (unpaired) electrons. The van der Waals surface area contributed by atoms with E-state index in [1.807, 2.05) is 13.8 Å². The second-order valence-electron chi connectivity index (χ2n) is 6.18. The van der Waals surface area contributed by atoms with Crippen molar-refractivity contribution in [3.05, 3.63) is 54.3 Å². The number of carbonyl (C=O) groups excluding carboxylic acids is 2. The van der Waals surface area contributed by atoms with Crippen molar-refractivity contribution in [2.24, 2.45) is 5.92 Å². The molecule has 26 heavy (non-hydrogen) atoms. The van der Waals surface area contributed by atoms with E-state index in [1.54, 1.807) is 36.4 Å². The zero-order chi connectivity index (χ0) is 18.9. The Morgan fingerprint density at radius 2 is 1.69 bits per heavy atom. The Hall–Kier alpha value is -2.89. The van der Waals surface area contributed by atoms with Gasteiger partial charge in [0.25, 0.3) is 0 Å². The Bertz CT molecular complexity index is 745. The fourth-order valence-electron chi connectivity index (χ4n) is 2.13. The van der Waals surface area contributed by atoms with Gasteiger partial charge in [0.2, 0.25) is 11.8 Å². The Morgan fingerprint density at radius 3 is 2.31 bits per heavy atom. The molecule has 0 aliphatic rings. The lowest BCUT2D eigenvalue weighted by molar-refractivity contribution is -0.119. The Balaban J connectivity index is 1.71. The summed E-state index contributed by atoms with van der Waals surface area (Å²) in [7, 11) is 0. The molecule has 0 saturated carbocycles. The first kappa shape index (κ1) is 19.4. The van der Waals surface area contributed by atoms with Crippen LogP contribution in [0.15, 0.2) is 48.5 Å². The van der Waals surface area contributed by atoms with Gasteiger partial charge < -0.3 is 15.4 Å². The van der Waals surface area contributed by atoms with Crippen LogP contribution in [0, 0.1) is 11.7 Å². The van der Waals surface area contributed by atoms with Gasteiger partial charge in [-0.25, -0.2) is 4.39 Å². The zero-order valence-electron chi connectivity index (χ0n) is 14.9. The molecule has 138 valence electrons. The van der Waals surface area contributed by atoms with Gasteiger partial charge in [-0.05, 0) is 42.8 Å². The van der Waals surface area contributed by atoms with Crippen LogP contribution in [0.2, 0.25) is 0 Å². The van der Waals surface area contributed by atoms with Crippen LogP contribution in [-0.4, -0.2) is 18.4 Å². The summed E-state index contributed by atoms with van der Waals surface area (Å²) in [5.41, 5.74) is 1.34. The highest BCUT2D eigenvalue weighted by atomic mass is 19.1. The van der Waals surface area contributed by atoms with E-state index in [2.05, 4.69) is 10.6 Å². The smallest absolute Gasteiger partial charge is 0.226 e. The SMILES string of the molecule is CC(C)C(=O)Nc1ccc(NC(=O)CCCOc2cccc(F)c2)cc1. The van der Waals surface area contributed by atoms with Gasteiger partial charge in [-0.3, -0.25) is 9.59 Å². The molecule has 0 heterocycles. The molecular formula is C20H23FN2O3. The summed E-state index contributed by atoms with van der Waals surface area (Å²) in [5.74, 6) is -0.186. The first-order valence-electron chi connectivity index (χ1n) is 8.53. The van der Waals surface area contributed by atoms with Crippen LogP contribution in [-0.2, 0) is 9.59 Å². The van der Waals surface area contributed by atoms with E-state index in [-0.39, 0.29) is 23.5 Å². The van der Waals surface area contributed by atoms with Gasteiger partial charge in [0.05, 0.1) is 6.61 Å². The Morgan fingerprint density at radius 1 is 1.04 bits per heavy atom. The van der Waals surface area contributed by atoms with Crippen LogP contribution in [0.1, 0.15) is 26.7 Å². The number of rotatable bonds is 8. The van der Waals surface area contributed by atoms with Gasteiger partial charge in [-0.15, -0.1) is 0 Å². The van der Waals surface area contributed by atoms with Crippen LogP contribution in [0.25, 0.3) is 0 Å². The molecule has 2 aromatic rings. The maximum atomic E-state index is 13.0. The van der Waals surface area contributed by atoms with Gasteiger partial charge in [-0.2, -0.15) is 0 Å². The maximum Gasteiger partial charge on any atom is 0.226 e. The first-order valence-corrected chi connectivity index (χ1v) is 8.53. The van der Waals surface area contributed by atoms with Crippen molar-refractivity contribution in [1.82, 2.24) is 0 Å². The molecule has 0 spiro atoms. The van der Waals surface area contributed by atoms with E-state index in [9.17, 15) is 14.0 Å². The normalized spacial score (nSPS) is 10.5. The Kier molecular flexibility index (Phi) is 7.14. The van der Waals surface area contributed by atoms with E-state index < -0.39 is 0 Å². The quantitative estimate of drug-likeness (QED) is 0.695. The van der Waals surface area contributed by atoms with Crippen molar-refractivity contribution >= 4 is 23.2 Å². The zero-order valence-corrected chi connectivity index (χ0v) is 14.9. The van der Waals surface area contributed by atoms with Crippen molar-refractivity contribution in [2.75, 3.05) is 17.2 Å². The third-order valence-electron chi connectivity index (χ3n) is 3.57. The number of nitrogens with one attached hydrogen (secondary N) is 2. The van der Waals surface area contributed by atoms with Gasteiger partial charge >= 0.3 is 0 Å². The molecule has 5 nitrogen and oxygen atoms in total. The molecule has 0 fully saturated rings. The molecule has 2 N–H and O–H groups in total. The van der Waals surface area contributed by atoms with Crippen LogP contribution >= 0.6 is 0 Å². The third-order valence-corrected chi connectivity index (χ3v) is 3.57. The van der Waals surface area contributed by atoms with Gasteiger partial charge in [0.15, 0.2) is 0 Å². The molecule has 0 bridgehead atoms. The van der Waals surface area contributed by atoms with E-state index in [1.165, 1.54) is 12.1 Å². The van der Waals surface area contributed by atoms with Crippen molar-refractivity contribution < 1.29 is 18.7 Å². The third kappa shape index (κ3) is 6.55. The standard InChI is InChI=1S/C20H23FN2O3/c1-14(2)20(25)23-17-10-8-16(9-11-17)22-19(24)7-4-12-26-18-6-3-5-15(21)13-18/h3,5-6,8-11,13-14H,4,7,12H2,1-2H3,(H,22,24)(H,23,25). The minimum atomic E-state index is -0.353. The lowest BCUT2D eigenvalue weighted by Gasteiger charge is -2.10. The molecule has 0 aliphatic heterocycles. The van der Waals surface area contributed by atoms with Crippen LogP contribution < -0.4 is 15.4 Å². The number of carbonyl (C=O) groups is 2. The highest BCUT2D eigenvalue weighted by Crippen LogP contribution is 2.15. The topological polar surface area (TPSA) is 67.4 Å². The Labute approximate surface area is 152 Å². The molecule has 6 heteroatoms. The average molecular weight is 358 g/mol. The number of hydrogen-bond acceptors (Lipinski definition) is 3. The molecular weight excluding hydrogens is 335 g/mol. The summed E-state index contributed by atoms with van der Waals surface area (Å²) in [5, 5.41) is 5.57. The molecule has 2 rings (SSSR count). The lowest BCUT2D eigenvalue weighted by Crippen LogP contribution is -2.17. The van der Waals surface area contributed by atoms with E-state index in [4.69, 9.17) is 4.74 Å². The minimum Gasteiger partial charge on any atom is -0.493 e. The summed E-state index contributed by atoms with van der Waals surface area (Å²) in [6.45, 7) is 3.97. The predicted molar refractivity (Wildman–Crippen MR) is 99.7 cm³/mol. The largest absolute Gasteiger partial charge is 0.493 e. The van der Waals surface area contributed by atoms with Crippen LogP contribution in [0.3, 0.4) is 0 Å². The molecule has 2 amide bonds. The summed E-state index contributed by atoms with van der Waals surface area (Å²) >= 11 is 0. The number of anilines is 2. The van der Waals surface area contributed by atoms with Crippen molar-refractivity contribution in [3.8, 4) is 5.75 Å². The fourth-order valence-corrected chi connectivity index (χ4v) is 2.13. The van der Waals surface area contributed by atoms with Crippen LogP contribution in [0.4, 0.5) is 15.8 Å².